The highest BCUT2D eigenvalue weighted by Crippen LogP contribution is 2.03. The number of hydrogen-bond donors (Lipinski definition) is 1. The molecular weight excluding hydrogens is 116 g/mol. The number of aliphatic hydroxyl groups is 1. The van der Waals surface area contributed by atoms with E-state index in [9.17, 15) is 0 Å². The van der Waals surface area contributed by atoms with Gasteiger partial charge < -0.3 is 9.84 Å². The topological polar surface area (TPSA) is 29.5 Å². The van der Waals surface area contributed by atoms with E-state index < -0.39 is 0 Å². The van der Waals surface area contributed by atoms with Crippen molar-refractivity contribution in [1.82, 2.24) is 0 Å². The molecule has 0 aliphatic rings. The lowest BCUT2D eigenvalue weighted by molar-refractivity contribution is -0.0877. The highest BCUT2D eigenvalue weighted by molar-refractivity contribution is 4.55. The van der Waals surface area contributed by atoms with Crippen molar-refractivity contribution < 1.29 is 9.84 Å². The lowest BCUT2D eigenvalue weighted by atomic mass is 10.2. The summed E-state index contributed by atoms with van der Waals surface area (Å²) in [5.41, 5.74) is -0.200. The lowest BCUT2D eigenvalue weighted by Gasteiger charge is -2.16. The Labute approximate surface area is 58.8 Å². The minimum atomic E-state index is -0.200. The Morgan fingerprint density at radius 3 is 1.56 bits per heavy atom. The molecule has 0 aliphatic carbocycles. The fraction of sp³-hybridized carbons (Fsp3) is 1.00. The fourth-order valence-electron chi connectivity index (χ4n) is 0.194. The van der Waals surface area contributed by atoms with Gasteiger partial charge in [-0.05, 0) is 20.8 Å². The minimum Gasteiger partial charge on any atom is -0.371 e. The normalized spacial score (nSPS) is 9.33. The van der Waals surface area contributed by atoms with Gasteiger partial charge in [-0.25, -0.2) is 0 Å². The van der Waals surface area contributed by atoms with E-state index >= 15 is 0 Å². The second-order valence-corrected chi connectivity index (χ2v) is 2.39. The average Bonchev–Trinajstić information content (AvgIpc) is 1.30. The van der Waals surface area contributed by atoms with Gasteiger partial charge in [0.25, 0.3) is 0 Å². The van der Waals surface area contributed by atoms with Gasteiger partial charge in [0.1, 0.15) is 6.79 Å². The van der Waals surface area contributed by atoms with Crippen LogP contribution in [0.25, 0.3) is 0 Å². The molecule has 60 valence electrons. The molecule has 0 radical (unpaired) electrons. The Kier molecular flexibility index (Phi) is 10.7. The van der Waals surface area contributed by atoms with Crippen LogP contribution >= 0.6 is 0 Å². The van der Waals surface area contributed by atoms with E-state index in [2.05, 4.69) is 0 Å². The van der Waals surface area contributed by atoms with Gasteiger partial charge in [0.15, 0.2) is 0 Å². The van der Waals surface area contributed by atoms with Gasteiger partial charge in [0.2, 0.25) is 0 Å². The van der Waals surface area contributed by atoms with Crippen molar-refractivity contribution in [2.75, 3.05) is 6.79 Å². The summed E-state index contributed by atoms with van der Waals surface area (Å²) >= 11 is 0. The first-order chi connectivity index (χ1) is 3.06. The Bertz CT molecular complexity index is 45.4. The van der Waals surface area contributed by atoms with Crippen molar-refractivity contribution in [3.8, 4) is 0 Å². The highest BCUT2D eigenvalue weighted by Gasteiger charge is 2.07. The van der Waals surface area contributed by atoms with Crippen LogP contribution in [0.1, 0.15) is 35.6 Å². The highest BCUT2D eigenvalue weighted by atomic mass is 16.6. The molecule has 2 nitrogen and oxygen atoms in total. The van der Waals surface area contributed by atoms with E-state index in [0.717, 1.165) is 0 Å². The van der Waals surface area contributed by atoms with Crippen molar-refractivity contribution >= 4 is 0 Å². The van der Waals surface area contributed by atoms with Crippen LogP contribution in [-0.4, -0.2) is 17.5 Å². The molecule has 0 saturated heterocycles. The zero-order valence-corrected chi connectivity index (χ0v) is 5.06. The smallest absolute Gasteiger partial charge is 0.144 e. The Balaban J connectivity index is -0.000000180. The maximum atomic E-state index is 8.18. The first-order valence-electron chi connectivity index (χ1n) is 2.31. The lowest BCUT2D eigenvalue weighted by Crippen LogP contribution is -2.19. The van der Waals surface area contributed by atoms with Crippen LogP contribution < -0.4 is 0 Å². The fourth-order valence-corrected chi connectivity index (χ4v) is 0.194. The monoisotopic (exact) mass is 136 g/mol. The van der Waals surface area contributed by atoms with Gasteiger partial charge in [-0.1, -0.05) is 14.9 Å². The zero-order valence-electron chi connectivity index (χ0n) is 5.06. The zero-order chi connectivity index (χ0) is 5.91. The van der Waals surface area contributed by atoms with Crippen LogP contribution in [0, 0.1) is 0 Å². The maximum absolute atomic E-state index is 8.18. The second-order valence-electron chi connectivity index (χ2n) is 2.39. The van der Waals surface area contributed by atoms with Crippen molar-refractivity contribution in [3.63, 3.8) is 0 Å². The van der Waals surface area contributed by atoms with Crippen molar-refractivity contribution in [3.05, 3.63) is 0 Å². The van der Waals surface area contributed by atoms with E-state index in [-0.39, 0.29) is 27.2 Å². The second kappa shape index (κ2) is 6.05. The first-order valence-corrected chi connectivity index (χ1v) is 2.31. The number of aliphatic hydroxyl groups excluding tert-OH is 1. The number of ether oxygens (including phenoxy) is 1. The summed E-state index contributed by atoms with van der Waals surface area (Å²) in [5, 5.41) is 8.18. The van der Waals surface area contributed by atoms with Gasteiger partial charge >= 0.3 is 0 Å². The summed E-state index contributed by atoms with van der Waals surface area (Å²) in [6.07, 6.45) is 0. The van der Waals surface area contributed by atoms with Gasteiger partial charge in [-0.15, -0.1) is 0 Å². The summed E-state index contributed by atoms with van der Waals surface area (Å²) in [4.78, 5) is 0. The van der Waals surface area contributed by atoms with Gasteiger partial charge in [0.05, 0.1) is 5.60 Å². The summed E-state index contributed by atoms with van der Waals surface area (Å²) in [6.45, 7) is 5.49. The van der Waals surface area contributed by atoms with E-state index in [1.54, 1.807) is 0 Å². The molecule has 0 atom stereocenters. The van der Waals surface area contributed by atoms with Gasteiger partial charge in [0, 0.05) is 0 Å². The number of rotatable bonds is 1. The van der Waals surface area contributed by atoms with E-state index in [4.69, 9.17) is 9.84 Å². The summed E-state index contributed by atoms with van der Waals surface area (Å²) in [6, 6.07) is 0. The van der Waals surface area contributed by atoms with Crippen molar-refractivity contribution in [2.45, 2.75) is 41.2 Å². The van der Waals surface area contributed by atoms with Crippen LogP contribution in [0.2, 0.25) is 0 Å². The third kappa shape index (κ3) is 18.1. The average molecular weight is 136 g/mol. The molecule has 1 N–H and O–H groups in total. The summed E-state index contributed by atoms with van der Waals surface area (Å²) in [5.74, 6) is 0. The van der Waals surface area contributed by atoms with Crippen LogP contribution in [-0.2, 0) is 4.74 Å². The molecule has 2 heteroatoms. The molecule has 0 spiro atoms. The first kappa shape index (κ1) is 16.0. The third-order valence-electron chi connectivity index (χ3n) is 0.498. The van der Waals surface area contributed by atoms with Crippen LogP contribution in [0.15, 0.2) is 0 Å². The van der Waals surface area contributed by atoms with E-state index in [0.29, 0.717) is 0 Å². The van der Waals surface area contributed by atoms with E-state index in [1.165, 1.54) is 0 Å². The Morgan fingerprint density at radius 1 is 1.22 bits per heavy atom. The molecule has 0 aliphatic heterocycles. The predicted molar refractivity (Wildman–Crippen MR) is 41.4 cm³/mol. The molecule has 0 rings (SSSR count). The molecule has 0 amide bonds. The molecule has 0 aromatic heterocycles. The Morgan fingerprint density at radius 2 is 1.56 bits per heavy atom. The molecule has 0 aromatic rings. The SMILES string of the molecule is C.C.CC(C)(C)OCO. The van der Waals surface area contributed by atoms with Crippen molar-refractivity contribution in [1.29, 1.82) is 0 Å². The standard InChI is InChI=1S/C5H12O2.2CH4/c1-5(2,3)7-4-6;;/h6H,4H2,1-3H3;2*1H4. The third-order valence-corrected chi connectivity index (χ3v) is 0.498. The van der Waals surface area contributed by atoms with E-state index in [1.807, 2.05) is 20.8 Å². The Hall–Kier alpha value is -0.0800. The molecular formula is C7H20O2. The van der Waals surface area contributed by atoms with Crippen LogP contribution in [0.4, 0.5) is 0 Å². The molecule has 0 heterocycles. The molecule has 0 fully saturated rings. The van der Waals surface area contributed by atoms with Gasteiger partial charge in [-0.3, -0.25) is 0 Å². The molecule has 0 saturated carbocycles. The largest absolute Gasteiger partial charge is 0.371 e. The minimum absolute atomic E-state index is 0. The summed E-state index contributed by atoms with van der Waals surface area (Å²) < 4.78 is 4.78. The molecule has 0 unspecified atom stereocenters. The summed E-state index contributed by atoms with van der Waals surface area (Å²) in [7, 11) is 0. The molecule has 9 heavy (non-hydrogen) atoms. The maximum Gasteiger partial charge on any atom is 0.144 e. The quantitative estimate of drug-likeness (QED) is 0.559. The van der Waals surface area contributed by atoms with Crippen LogP contribution in [0.3, 0.4) is 0 Å². The predicted octanol–water partition coefficient (Wildman–Crippen LogP) is 2.02. The van der Waals surface area contributed by atoms with Crippen LogP contribution in [0.5, 0.6) is 0 Å². The molecule has 0 aromatic carbocycles. The number of hydrogen-bond acceptors (Lipinski definition) is 2. The van der Waals surface area contributed by atoms with Crippen molar-refractivity contribution in [2.24, 2.45) is 0 Å². The van der Waals surface area contributed by atoms with Gasteiger partial charge in [-0.2, -0.15) is 0 Å². The molecule has 0 bridgehead atoms.